The van der Waals surface area contributed by atoms with E-state index in [0.717, 1.165) is 122 Å². The number of unbranched alkanes of at least 4 members (excludes halogenated alkanes) is 29. The first-order valence-corrected chi connectivity index (χ1v) is 31.3. The van der Waals surface area contributed by atoms with Gasteiger partial charge in [0.05, 0.1) is 6.61 Å². The number of hydrogen-bond donors (Lipinski definition) is 3. The molecule has 6 unspecified atom stereocenters. The number of carboxylic acids is 1. The maximum atomic E-state index is 13.1. The second-order valence-corrected chi connectivity index (χ2v) is 21.3. The van der Waals surface area contributed by atoms with Crippen molar-refractivity contribution in [2.24, 2.45) is 0 Å². The van der Waals surface area contributed by atoms with E-state index < -0.39 is 67.3 Å². The van der Waals surface area contributed by atoms with Crippen molar-refractivity contribution in [2.45, 2.75) is 314 Å². The molecule has 1 heterocycles. The van der Waals surface area contributed by atoms with Crippen LogP contribution in [-0.2, 0) is 42.9 Å². The van der Waals surface area contributed by atoms with Crippen LogP contribution in [0.15, 0.2) is 60.8 Å². The fourth-order valence-corrected chi connectivity index (χ4v) is 9.24. The normalized spacial score (nSPS) is 18.4. The summed E-state index contributed by atoms with van der Waals surface area (Å²) in [5.74, 6) is -3.14. The second kappa shape index (κ2) is 53.1. The predicted octanol–water partition coefficient (Wildman–Crippen LogP) is 16.3. The van der Waals surface area contributed by atoms with Crippen LogP contribution in [-0.4, -0.2) is 89.2 Å². The number of carbonyl (C=O) groups is 4. The smallest absolute Gasteiger partial charge is 0.335 e. The third kappa shape index (κ3) is 43.0. The predicted molar refractivity (Wildman–Crippen MR) is 312 cm³/mol. The molecule has 1 saturated heterocycles. The maximum Gasteiger partial charge on any atom is 0.335 e. The summed E-state index contributed by atoms with van der Waals surface area (Å²) < 4.78 is 28.5. The van der Waals surface area contributed by atoms with Gasteiger partial charge in [-0.25, -0.2) is 4.79 Å². The van der Waals surface area contributed by atoms with E-state index in [1.807, 2.05) is 0 Å². The molecule has 77 heavy (non-hydrogen) atoms. The highest BCUT2D eigenvalue weighted by atomic mass is 16.7. The van der Waals surface area contributed by atoms with Crippen LogP contribution in [0, 0.1) is 0 Å². The van der Waals surface area contributed by atoms with E-state index >= 15 is 0 Å². The van der Waals surface area contributed by atoms with Gasteiger partial charge in [0, 0.05) is 19.3 Å². The molecule has 0 aromatic rings. The van der Waals surface area contributed by atoms with Crippen molar-refractivity contribution in [3.05, 3.63) is 60.8 Å². The zero-order valence-corrected chi connectivity index (χ0v) is 49.0. The Labute approximate surface area is 468 Å². The fraction of sp³-hybridized carbons (Fsp3) is 0.785. The summed E-state index contributed by atoms with van der Waals surface area (Å²) >= 11 is 0. The average Bonchev–Trinajstić information content (AvgIpc) is 3.42. The molecular weight excluding hydrogens is 973 g/mol. The lowest BCUT2D eigenvalue weighted by molar-refractivity contribution is -0.301. The number of aliphatic hydroxyl groups excluding tert-OH is 2. The number of aliphatic carboxylic acids is 1. The van der Waals surface area contributed by atoms with Gasteiger partial charge in [0.1, 0.15) is 18.8 Å². The van der Waals surface area contributed by atoms with Crippen LogP contribution < -0.4 is 0 Å². The molecule has 0 saturated carbocycles. The molecule has 12 heteroatoms. The van der Waals surface area contributed by atoms with Crippen LogP contribution >= 0.6 is 0 Å². The SMILES string of the molecule is CCC/C=C\C/C=C\CCCCCCCC(=O)OC(COC(=O)CCCCCCCCCCCCCCCCC)COC1OC(C(=O)O)C(O)C(O)C1OC(=O)CCCCCCCC/C=C\C/C=C\C/C=C\CCCCC. The molecule has 0 bridgehead atoms. The van der Waals surface area contributed by atoms with Crippen molar-refractivity contribution in [1.82, 2.24) is 0 Å². The molecule has 3 N–H and O–H groups in total. The molecular formula is C65H112O12. The van der Waals surface area contributed by atoms with E-state index in [2.05, 4.69) is 81.5 Å². The van der Waals surface area contributed by atoms with Crippen LogP contribution in [0.1, 0.15) is 278 Å². The third-order valence-electron chi connectivity index (χ3n) is 14.0. The Kier molecular flexibility index (Phi) is 49.2. The highest BCUT2D eigenvalue weighted by Crippen LogP contribution is 2.26. The van der Waals surface area contributed by atoms with E-state index in [-0.39, 0.29) is 25.9 Å². The Bertz CT molecular complexity index is 1570. The Balaban J connectivity index is 2.67. The van der Waals surface area contributed by atoms with Gasteiger partial charge in [-0.2, -0.15) is 0 Å². The van der Waals surface area contributed by atoms with Gasteiger partial charge in [0.2, 0.25) is 0 Å². The first-order chi connectivity index (χ1) is 37.6. The van der Waals surface area contributed by atoms with Gasteiger partial charge >= 0.3 is 23.9 Å². The molecule has 12 nitrogen and oxygen atoms in total. The highest BCUT2D eigenvalue weighted by Gasteiger charge is 2.50. The Morgan fingerprint density at radius 1 is 0.429 bits per heavy atom. The standard InChI is InChI=1S/C65H112O12/c1-4-7-10-13-16-19-22-25-27-28-29-30-32-35-38-41-44-47-50-53-59(68)76-63-61(70)60(69)62(64(71)72)77-65(63)74-55-56(75-58(67)52-49-46-43-40-37-33-24-21-18-15-12-9-6-3)54-73-57(66)51-48-45-42-39-36-34-31-26-23-20-17-14-11-8-5-2/h12,15-16,19,21,24-25,27,29-30,56,60-63,65,69-70H,4-11,13-14,17-18,20,22-23,26,28,31-55H2,1-3H3,(H,71,72)/b15-12-,19-16-,24-21-,27-25-,30-29-. The van der Waals surface area contributed by atoms with Crippen molar-refractivity contribution < 1.29 is 58.2 Å². The number of aliphatic hydroxyl groups is 2. The number of allylic oxidation sites excluding steroid dienone is 10. The summed E-state index contributed by atoms with van der Waals surface area (Å²) in [6.45, 7) is 5.91. The highest BCUT2D eigenvalue weighted by molar-refractivity contribution is 5.74. The molecule has 0 aromatic heterocycles. The van der Waals surface area contributed by atoms with E-state index in [1.165, 1.54) is 96.3 Å². The lowest BCUT2D eigenvalue weighted by atomic mass is 9.98. The molecule has 1 fully saturated rings. The summed E-state index contributed by atoms with van der Waals surface area (Å²) in [6, 6.07) is 0. The monoisotopic (exact) mass is 1080 g/mol. The van der Waals surface area contributed by atoms with E-state index in [1.54, 1.807) is 0 Å². The second-order valence-electron chi connectivity index (χ2n) is 21.3. The molecule has 444 valence electrons. The molecule has 0 radical (unpaired) electrons. The number of esters is 3. The molecule has 6 atom stereocenters. The zero-order valence-electron chi connectivity index (χ0n) is 49.0. The summed E-state index contributed by atoms with van der Waals surface area (Å²) in [5, 5.41) is 31.5. The number of carbonyl (C=O) groups excluding carboxylic acids is 3. The van der Waals surface area contributed by atoms with Crippen LogP contribution in [0.4, 0.5) is 0 Å². The molecule has 1 rings (SSSR count). The largest absolute Gasteiger partial charge is 0.479 e. The van der Waals surface area contributed by atoms with Gasteiger partial charge in [-0.05, 0) is 83.5 Å². The summed E-state index contributed by atoms with van der Waals surface area (Å²) in [6.07, 6.45) is 53.2. The molecule has 0 aliphatic carbocycles. The van der Waals surface area contributed by atoms with Crippen molar-refractivity contribution in [3.8, 4) is 0 Å². The van der Waals surface area contributed by atoms with Crippen LogP contribution in [0.2, 0.25) is 0 Å². The topological polar surface area (TPSA) is 175 Å². The summed E-state index contributed by atoms with van der Waals surface area (Å²) in [4.78, 5) is 51.2. The summed E-state index contributed by atoms with van der Waals surface area (Å²) in [5.41, 5.74) is 0. The Hall–Kier alpha value is -3.58. The van der Waals surface area contributed by atoms with Gasteiger partial charge in [0.25, 0.3) is 0 Å². The van der Waals surface area contributed by atoms with Gasteiger partial charge < -0.3 is 39.0 Å². The molecule has 0 aromatic carbocycles. The fourth-order valence-electron chi connectivity index (χ4n) is 9.24. The number of ether oxygens (including phenoxy) is 5. The van der Waals surface area contributed by atoms with Crippen LogP contribution in [0.3, 0.4) is 0 Å². The van der Waals surface area contributed by atoms with E-state index in [0.29, 0.717) is 19.3 Å². The minimum absolute atomic E-state index is 0.0445. The summed E-state index contributed by atoms with van der Waals surface area (Å²) in [7, 11) is 0. The van der Waals surface area contributed by atoms with Crippen LogP contribution in [0.5, 0.6) is 0 Å². The lowest BCUT2D eigenvalue weighted by Gasteiger charge is -2.40. The first-order valence-electron chi connectivity index (χ1n) is 31.3. The van der Waals surface area contributed by atoms with Crippen molar-refractivity contribution in [2.75, 3.05) is 13.2 Å². The Morgan fingerprint density at radius 2 is 0.805 bits per heavy atom. The van der Waals surface area contributed by atoms with E-state index in [9.17, 15) is 34.5 Å². The van der Waals surface area contributed by atoms with Gasteiger partial charge in [0.15, 0.2) is 24.6 Å². The molecule has 1 aliphatic heterocycles. The maximum absolute atomic E-state index is 13.1. The number of carboxylic acid groups (broad SMARTS) is 1. The van der Waals surface area contributed by atoms with Gasteiger partial charge in [-0.1, -0.05) is 236 Å². The van der Waals surface area contributed by atoms with Gasteiger partial charge in [-0.15, -0.1) is 0 Å². The number of rotatable bonds is 53. The van der Waals surface area contributed by atoms with Crippen molar-refractivity contribution >= 4 is 23.9 Å². The third-order valence-corrected chi connectivity index (χ3v) is 14.0. The molecule has 0 spiro atoms. The van der Waals surface area contributed by atoms with E-state index in [4.69, 9.17) is 23.7 Å². The molecule has 1 aliphatic rings. The minimum Gasteiger partial charge on any atom is -0.479 e. The van der Waals surface area contributed by atoms with Crippen molar-refractivity contribution in [3.63, 3.8) is 0 Å². The molecule has 0 amide bonds. The Morgan fingerprint density at radius 3 is 1.26 bits per heavy atom. The average molecular weight is 1090 g/mol. The minimum atomic E-state index is -1.91. The zero-order chi connectivity index (χ0) is 56.1. The quantitative estimate of drug-likeness (QED) is 0.0228. The van der Waals surface area contributed by atoms with Crippen LogP contribution in [0.25, 0.3) is 0 Å². The van der Waals surface area contributed by atoms with Crippen molar-refractivity contribution in [1.29, 1.82) is 0 Å². The lowest BCUT2D eigenvalue weighted by Crippen LogP contribution is -2.61. The number of hydrogen-bond acceptors (Lipinski definition) is 11. The van der Waals surface area contributed by atoms with Gasteiger partial charge in [-0.3, -0.25) is 14.4 Å². The first kappa shape index (κ1) is 71.4.